The molecule has 0 saturated carbocycles. The predicted octanol–water partition coefficient (Wildman–Crippen LogP) is 5.06. The number of likely N-dealkylation sites (N-methyl/N-ethyl adjacent to an activating group) is 2. The second-order valence-corrected chi connectivity index (χ2v) is 22.4. The first-order chi connectivity index (χ1) is 37.2. The topological polar surface area (TPSA) is 297 Å². The van der Waals surface area contributed by atoms with E-state index in [-0.39, 0.29) is 73.4 Å². The summed E-state index contributed by atoms with van der Waals surface area (Å²) >= 11 is 0. The molecular formula is C58H94N10O11. The summed E-state index contributed by atoms with van der Waals surface area (Å²) in [5.41, 5.74) is 12.9. The second kappa shape index (κ2) is 32.1. The number of likely N-dealkylation sites (tertiary alicyclic amines) is 1. The van der Waals surface area contributed by atoms with Gasteiger partial charge < -0.3 is 62.4 Å². The third-order valence-electron chi connectivity index (χ3n) is 15.5. The van der Waals surface area contributed by atoms with Crippen molar-refractivity contribution in [1.29, 1.82) is 0 Å². The fraction of sp³-hybridized carbons (Fsp3) is 0.655. The van der Waals surface area contributed by atoms with Crippen molar-refractivity contribution in [2.45, 2.75) is 176 Å². The van der Waals surface area contributed by atoms with Crippen molar-refractivity contribution >= 4 is 53.3 Å². The van der Waals surface area contributed by atoms with E-state index in [2.05, 4.69) is 26.6 Å². The molecule has 10 N–H and O–H groups in total. The minimum absolute atomic E-state index is 0.0229. The van der Waals surface area contributed by atoms with Crippen LogP contribution < -0.4 is 38.1 Å². The molecule has 12 atom stereocenters. The van der Waals surface area contributed by atoms with Crippen LogP contribution >= 0.6 is 0 Å². The lowest BCUT2D eigenvalue weighted by atomic mass is 9.86. The van der Waals surface area contributed by atoms with Crippen molar-refractivity contribution in [3.05, 3.63) is 65.7 Å². The lowest BCUT2D eigenvalue weighted by Crippen LogP contribution is -2.60. The summed E-state index contributed by atoms with van der Waals surface area (Å²) in [5, 5.41) is 24.8. The lowest BCUT2D eigenvalue weighted by molar-refractivity contribution is -0.146. The molecule has 442 valence electrons. The Morgan fingerprint density at radius 2 is 1.42 bits per heavy atom. The Balaban J connectivity index is 1.69. The van der Waals surface area contributed by atoms with E-state index in [9.17, 15) is 43.5 Å². The van der Waals surface area contributed by atoms with E-state index < -0.39 is 90.1 Å². The Labute approximate surface area is 468 Å². The number of hydrogen-bond acceptors (Lipinski definition) is 12. The van der Waals surface area contributed by atoms with E-state index in [0.29, 0.717) is 36.2 Å². The number of rotatable bonds is 30. The molecule has 1 aliphatic heterocycles. The van der Waals surface area contributed by atoms with Crippen LogP contribution in [0.4, 0.5) is 15.3 Å². The predicted molar refractivity (Wildman–Crippen MR) is 303 cm³/mol. The molecule has 79 heavy (non-hydrogen) atoms. The molecule has 1 aliphatic rings. The summed E-state index contributed by atoms with van der Waals surface area (Å²) in [6, 6.07) is 9.80. The lowest BCUT2D eigenvalue weighted by Gasteiger charge is -2.41. The number of hydrogen-bond donors (Lipinski definition) is 8. The number of carbonyl (C=O) groups excluding carboxylic acids is 8. The maximum Gasteiger partial charge on any atom is 0.410 e. The summed E-state index contributed by atoms with van der Waals surface area (Å²) in [6.07, 6.45) is 0.270. The maximum atomic E-state index is 14.7. The van der Waals surface area contributed by atoms with Crippen molar-refractivity contribution in [3.8, 4) is 0 Å². The number of aliphatic hydroxyl groups excluding tert-OH is 1. The third kappa shape index (κ3) is 19.5. The monoisotopic (exact) mass is 1110 g/mol. The average Bonchev–Trinajstić information content (AvgIpc) is 3.96. The number of nitrogens with two attached hydrogens (primary N) is 2. The van der Waals surface area contributed by atoms with Gasteiger partial charge in [-0.25, -0.2) is 9.59 Å². The standard InChI is InChI=1S/C58H94N10O11/c1-15-36(8)50(45(78-14)31-46(69)68-30-20-24-44(68)37(9)38(10)52(71)62-39(11)51(70)41-21-17-16-18-22-41)66(12)56(75)48(34(4)5)65-55(74)49(35(6)7)67(13)58(77)79-32-40-25-27-42(28-26-40)63-53(72)43(23-19-29-61-57(60)76)64-54(73)47(59)33(2)3/h16-18,21-22,25-28,33-39,43-45,47-51,70H,15,19-20,23-24,29-32,59H2,1-14H3,(H,62,71)(H,63,72)(H,64,73)(H,65,74)(H3,60,61,76)/t36-,37+,38+,39+,43-,44-,45+,47-,48-,49-,50-,51+/m0/s1. The average molecular weight is 1110 g/mol. The molecule has 21 heteroatoms. The van der Waals surface area contributed by atoms with Gasteiger partial charge >= 0.3 is 12.1 Å². The van der Waals surface area contributed by atoms with Crippen LogP contribution in [0.5, 0.6) is 0 Å². The van der Waals surface area contributed by atoms with Crippen LogP contribution in [0.15, 0.2) is 54.6 Å². The Bertz CT molecular complexity index is 2300. The molecule has 2 aromatic rings. The number of ether oxygens (including phenoxy) is 2. The van der Waals surface area contributed by atoms with Crippen LogP contribution in [-0.4, -0.2) is 150 Å². The Kier molecular flexibility index (Phi) is 27.2. The first-order valence-corrected chi connectivity index (χ1v) is 28.0. The van der Waals surface area contributed by atoms with E-state index in [0.717, 1.165) is 12.8 Å². The number of nitrogens with zero attached hydrogens (tertiary/aromatic N) is 3. The van der Waals surface area contributed by atoms with Gasteiger partial charge in [0.25, 0.3) is 0 Å². The molecule has 0 spiro atoms. The fourth-order valence-electron chi connectivity index (χ4n) is 10.1. The quantitative estimate of drug-likeness (QED) is 0.0477. The zero-order valence-electron chi connectivity index (χ0n) is 49.2. The Morgan fingerprint density at radius 3 is 1.97 bits per heavy atom. The van der Waals surface area contributed by atoms with Gasteiger partial charge in [-0.3, -0.25) is 33.7 Å². The number of carbonyl (C=O) groups is 8. The van der Waals surface area contributed by atoms with Crippen LogP contribution in [-0.2, 0) is 44.8 Å². The highest BCUT2D eigenvalue weighted by Gasteiger charge is 2.43. The molecule has 0 unspecified atom stereocenters. The summed E-state index contributed by atoms with van der Waals surface area (Å²) in [4.78, 5) is 112. The number of benzene rings is 2. The molecule has 1 saturated heterocycles. The number of primary amides is 1. The van der Waals surface area contributed by atoms with Gasteiger partial charge in [0.15, 0.2) is 0 Å². The van der Waals surface area contributed by atoms with Gasteiger partial charge in [0, 0.05) is 51.9 Å². The zero-order chi connectivity index (χ0) is 59.4. The van der Waals surface area contributed by atoms with Crippen LogP contribution in [0.3, 0.4) is 0 Å². The molecule has 3 rings (SSSR count). The zero-order valence-corrected chi connectivity index (χ0v) is 49.2. The van der Waals surface area contributed by atoms with E-state index in [4.69, 9.17) is 20.9 Å². The largest absolute Gasteiger partial charge is 0.445 e. The van der Waals surface area contributed by atoms with Crippen molar-refractivity contribution in [3.63, 3.8) is 0 Å². The van der Waals surface area contributed by atoms with Crippen molar-refractivity contribution in [1.82, 2.24) is 36.0 Å². The number of anilines is 1. The second-order valence-electron chi connectivity index (χ2n) is 22.4. The smallest absolute Gasteiger partial charge is 0.410 e. The summed E-state index contributed by atoms with van der Waals surface area (Å²) < 4.78 is 11.7. The van der Waals surface area contributed by atoms with Crippen LogP contribution in [0.1, 0.15) is 132 Å². The van der Waals surface area contributed by atoms with Crippen LogP contribution in [0, 0.1) is 35.5 Å². The highest BCUT2D eigenvalue weighted by Crippen LogP contribution is 2.32. The molecule has 0 bridgehead atoms. The summed E-state index contributed by atoms with van der Waals surface area (Å²) in [6.45, 7) is 20.9. The summed E-state index contributed by atoms with van der Waals surface area (Å²) in [5.74, 6) is -4.05. The third-order valence-corrected chi connectivity index (χ3v) is 15.5. The first kappa shape index (κ1) is 67.0. The molecule has 0 aromatic heterocycles. The molecule has 0 aliphatic carbocycles. The molecule has 9 amide bonds. The number of amides is 9. The van der Waals surface area contributed by atoms with Gasteiger partial charge in [-0.05, 0) is 85.5 Å². The summed E-state index contributed by atoms with van der Waals surface area (Å²) in [7, 11) is 4.64. The minimum Gasteiger partial charge on any atom is -0.445 e. The molecule has 2 aromatic carbocycles. The Hall–Kier alpha value is -6.32. The van der Waals surface area contributed by atoms with E-state index in [1.54, 1.807) is 70.8 Å². The number of aliphatic hydroxyl groups is 1. The molecule has 0 radical (unpaired) electrons. The molecular weight excluding hydrogens is 1010 g/mol. The van der Waals surface area contributed by atoms with Gasteiger partial charge in [-0.15, -0.1) is 0 Å². The minimum atomic E-state index is -1.04. The number of urea groups is 1. The first-order valence-electron chi connectivity index (χ1n) is 28.0. The SMILES string of the molecule is CC[C@H](C)[C@@H]([C@@H](CC(=O)N1CCC[C@H]1[C@H](C)[C@@H](C)C(=O)N[C@H](C)[C@@H](O)c1ccccc1)OC)N(C)C(=O)[C@@H](NC(=O)[C@H](C(C)C)N(C)C(=O)OCc1ccc(NC(=O)[C@H](CCCNC(N)=O)NC(=O)[C@@H](N)C(C)C)cc1)C(C)C. The van der Waals surface area contributed by atoms with Gasteiger partial charge in [-0.1, -0.05) is 118 Å². The number of methoxy groups -OCH3 is 1. The van der Waals surface area contributed by atoms with Crippen molar-refractivity contribution < 1.29 is 52.9 Å². The van der Waals surface area contributed by atoms with E-state index >= 15 is 0 Å². The van der Waals surface area contributed by atoms with Gasteiger partial charge in [0.05, 0.1) is 36.8 Å². The molecule has 21 nitrogen and oxygen atoms in total. The fourth-order valence-corrected chi connectivity index (χ4v) is 10.1. The van der Waals surface area contributed by atoms with Gasteiger partial charge in [0.2, 0.25) is 35.4 Å². The van der Waals surface area contributed by atoms with Crippen molar-refractivity contribution in [2.24, 2.45) is 47.0 Å². The van der Waals surface area contributed by atoms with E-state index in [1.807, 2.05) is 76.8 Å². The van der Waals surface area contributed by atoms with Gasteiger partial charge in [-0.2, -0.15) is 0 Å². The molecule has 1 fully saturated rings. The van der Waals surface area contributed by atoms with Crippen molar-refractivity contribution in [2.75, 3.05) is 39.6 Å². The van der Waals surface area contributed by atoms with E-state index in [1.165, 1.54) is 19.1 Å². The van der Waals surface area contributed by atoms with Crippen LogP contribution in [0.25, 0.3) is 0 Å². The van der Waals surface area contributed by atoms with Gasteiger partial charge in [0.1, 0.15) is 24.7 Å². The number of nitrogens with one attached hydrogen (secondary N) is 5. The highest BCUT2D eigenvalue weighted by molar-refractivity contribution is 5.98. The normalized spacial score (nSPS) is 17.7. The Morgan fingerprint density at radius 1 is 0.785 bits per heavy atom. The highest BCUT2D eigenvalue weighted by atomic mass is 16.6. The van der Waals surface area contributed by atoms with Crippen LogP contribution in [0.2, 0.25) is 0 Å². The molecule has 1 heterocycles. The maximum absolute atomic E-state index is 14.7.